The lowest BCUT2D eigenvalue weighted by molar-refractivity contribution is 0.102. The Bertz CT molecular complexity index is 781. The first-order chi connectivity index (χ1) is 11.5. The number of carbonyl (C=O) groups is 1. The predicted octanol–water partition coefficient (Wildman–Crippen LogP) is 2.70. The van der Waals surface area contributed by atoms with E-state index in [0.717, 1.165) is 10.6 Å². The highest BCUT2D eigenvalue weighted by Crippen LogP contribution is 2.31. The summed E-state index contributed by atoms with van der Waals surface area (Å²) in [5.74, 6) is -4.94. The van der Waals surface area contributed by atoms with Crippen LogP contribution in [0.5, 0.6) is 0 Å². The highest BCUT2D eigenvalue weighted by molar-refractivity contribution is 7.97. The van der Waals surface area contributed by atoms with Gasteiger partial charge in [-0.1, -0.05) is 0 Å². The molecule has 2 aromatic carbocycles. The second-order valence-electron chi connectivity index (χ2n) is 5.02. The van der Waals surface area contributed by atoms with E-state index in [4.69, 9.17) is 5.11 Å². The van der Waals surface area contributed by atoms with Crippen LogP contribution in [0.4, 0.5) is 24.5 Å². The maximum Gasteiger partial charge on any atom is 0.255 e. The van der Waals surface area contributed by atoms with E-state index < -0.39 is 23.4 Å². The van der Waals surface area contributed by atoms with Crippen LogP contribution in [0.2, 0.25) is 0 Å². The van der Waals surface area contributed by atoms with E-state index in [0.29, 0.717) is 12.1 Å². The molecule has 1 aliphatic heterocycles. The maximum atomic E-state index is 13.2. The molecule has 1 amide bonds. The molecule has 126 valence electrons. The SMILES string of the molecule is O=C(Nc1cc(F)c(F)c(F)c1)c1ccc2c(c1)SNC(CO)N2. The summed E-state index contributed by atoms with van der Waals surface area (Å²) in [5.41, 5.74) is 0.823. The quantitative estimate of drug-likeness (QED) is 0.503. The van der Waals surface area contributed by atoms with E-state index in [-0.39, 0.29) is 24.0 Å². The van der Waals surface area contributed by atoms with Crippen molar-refractivity contribution in [1.82, 2.24) is 4.72 Å². The van der Waals surface area contributed by atoms with Gasteiger partial charge in [0.1, 0.15) is 6.17 Å². The van der Waals surface area contributed by atoms with Crippen LogP contribution >= 0.6 is 11.9 Å². The van der Waals surface area contributed by atoms with Crippen LogP contribution < -0.4 is 15.4 Å². The van der Waals surface area contributed by atoms with Crippen molar-refractivity contribution in [2.45, 2.75) is 11.1 Å². The summed E-state index contributed by atoms with van der Waals surface area (Å²) >= 11 is 1.24. The van der Waals surface area contributed by atoms with Crippen LogP contribution in [0, 0.1) is 17.5 Å². The van der Waals surface area contributed by atoms with E-state index >= 15 is 0 Å². The lowest BCUT2D eigenvalue weighted by atomic mass is 10.1. The second-order valence-corrected chi connectivity index (χ2v) is 5.90. The van der Waals surface area contributed by atoms with Gasteiger partial charge in [-0.2, -0.15) is 0 Å². The Balaban J connectivity index is 1.79. The highest BCUT2D eigenvalue weighted by atomic mass is 32.2. The summed E-state index contributed by atoms with van der Waals surface area (Å²) in [5, 5.41) is 14.4. The van der Waals surface area contributed by atoms with Crippen molar-refractivity contribution in [2.75, 3.05) is 17.2 Å². The zero-order valence-corrected chi connectivity index (χ0v) is 12.9. The van der Waals surface area contributed by atoms with Crippen molar-refractivity contribution < 1.29 is 23.1 Å². The first-order valence-corrected chi connectivity index (χ1v) is 7.69. The Morgan fingerprint density at radius 2 is 1.92 bits per heavy atom. The molecule has 0 radical (unpaired) electrons. The van der Waals surface area contributed by atoms with Gasteiger partial charge in [0.05, 0.1) is 12.3 Å². The summed E-state index contributed by atoms with van der Waals surface area (Å²) in [6.45, 7) is -0.101. The van der Waals surface area contributed by atoms with E-state index in [9.17, 15) is 18.0 Å². The molecule has 0 saturated carbocycles. The molecule has 1 aliphatic rings. The highest BCUT2D eigenvalue weighted by Gasteiger charge is 2.19. The van der Waals surface area contributed by atoms with E-state index in [1.54, 1.807) is 12.1 Å². The maximum absolute atomic E-state index is 13.2. The average molecular weight is 355 g/mol. The average Bonchev–Trinajstić information content (AvgIpc) is 2.58. The normalized spacial score (nSPS) is 16.2. The topological polar surface area (TPSA) is 73.4 Å². The number of anilines is 2. The summed E-state index contributed by atoms with van der Waals surface area (Å²) < 4.78 is 42.2. The molecule has 1 unspecified atom stereocenters. The fourth-order valence-corrected chi connectivity index (χ4v) is 2.96. The monoisotopic (exact) mass is 355 g/mol. The number of hydrogen-bond acceptors (Lipinski definition) is 5. The number of nitrogens with one attached hydrogen (secondary N) is 3. The first-order valence-electron chi connectivity index (χ1n) is 6.87. The van der Waals surface area contributed by atoms with Gasteiger partial charge in [-0.3, -0.25) is 4.79 Å². The van der Waals surface area contributed by atoms with Gasteiger partial charge < -0.3 is 15.7 Å². The Hall–Kier alpha value is -2.23. The Morgan fingerprint density at radius 3 is 2.58 bits per heavy atom. The number of halogens is 3. The third-order valence-electron chi connectivity index (χ3n) is 3.31. The smallest absolute Gasteiger partial charge is 0.255 e. The lowest BCUT2D eigenvalue weighted by Gasteiger charge is -2.26. The van der Waals surface area contributed by atoms with E-state index in [1.807, 2.05) is 0 Å². The molecule has 1 heterocycles. The standard InChI is InChI=1S/C15H12F3N3O2S/c16-9-4-8(5-10(17)14(9)18)19-15(23)7-1-2-11-12(3-7)24-21-13(6-22)20-11/h1-5,13,20-22H,6H2,(H,19,23). The zero-order valence-electron chi connectivity index (χ0n) is 12.1. The third-order valence-corrected chi connectivity index (χ3v) is 4.27. The predicted molar refractivity (Wildman–Crippen MR) is 84.2 cm³/mol. The van der Waals surface area contributed by atoms with Crippen molar-refractivity contribution in [3.05, 3.63) is 53.3 Å². The second kappa shape index (κ2) is 6.71. The molecule has 0 bridgehead atoms. The van der Waals surface area contributed by atoms with Gasteiger partial charge in [0.15, 0.2) is 17.5 Å². The van der Waals surface area contributed by atoms with Crippen LogP contribution in [0.15, 0.2) is 35.2 Å². The lowest BCUT2D eigenvalue weighted by Crippen LogP contribution is -2.38. The molecular weight excluding hydrogens is 343 g/mol. The Labute approximate surface area is 139 Å². The van der Waals surface area contributed by atoms with Crippen molar-refractivity contribution in [3.63, 3.8) is 0 Å². The van der Waals surface area contributed by atoms with Gasteiger partial charge >= 0.3 is 0 Å². The molecular formula is C15H12F3N3O2S. The molecule has 9 heteroatoms. The minimum atomic E-state index is -1.59. The molecule has 3 rings (SSSR count). The molecule has 0 spiro atoms. The molecule has 1 atom stereocenters. The third kappa shape index (κ3) is 3.32. The van der Waals surface area contributed by atoms with Gasteiger partial charge in [0.25, 0.3) is 5.91 Å². The van der Waals surface area contributed by atoms with Crippen molar-refractivity contribution in [3.8, 4) is 0 Å². The van der Waals surface area contributed by atoms with Crippen molar-refractivity contribution >= 4 is 29.2 Å². The van der Waals surface area contributed by atoms with Crippen LogP contribution in [-0.2, 0) is 0 Å². The Kier molecular flexibility index (Phi) is 4.65. The largest absolute Gasteiger partial charge is 0.393 e. The molecule has 5 nitrogen and oxygen atoms in total. The molecule has 0 aliphatic carbocycles. The van der Waals surface area contributed by atoms with Crippen LogP contribution in [-0.4, -0.2) is 23.8 Å². The molecule has 0 aromatic heterocycles. The van der Waals surface area contributed by atoms with Crippen molar-refractivity contribution in [2.24, 2.45) is 0 Å². The fraction of sp³-hybridized carbons (Fsp3) is 0.133. The zero-order chi connectivity index (χ0) is 17.3. The summed E-state index contributed by atoms with van der Waals surface area (Å²) in [6, 6.07) is 6.18. The number of benzene rings is 2. The number of hydrogen-bond donors (Lipinski definition) is 4. The minimum absolute atomic E-state index is 0.101. The summed E-state index contributed by atoms with van der Waals surface area (Å²) in [7, 11) is 0. The van der Waals surface area contributed by atoms with Gasteiger partial charge in [0, 0.05) is 28.3 Å². The summed E-state index contributed by atoms with van der Waals surface area (Å²) in [4.78, 5) is 12.9. The van der Waals surface area contributed by atoms with Gasteiger partial charge in [-0.25, -0.2) is 17.9 Å². The van der Waals surface area contributed by atoms with Crippen LogP contribution in [0.1, 0.15) is 10.4 Å². The number of fused-ring (bicyclic) bond motifs is 1. The minimum Gasteiger partial charge on any atom is -0.393 e. The number of amides is 1. The van der Waals surface area contributed by atoms with Gasteiger partial charge in [0.2, 0.25) is 0 Å². The molecule has 0 fully saturated rings. The molecule has 2 aromatic rings. The molecule has 4 N–H and O–H groups in total. The fourth-order valence-electron chi connectivity index (χ4n) is 2.13. The van der Waals surface area contributed by atoms with E-state index in [2.05, 4.69) is 15.4 Å². The number of rotatable bonds is 3. The Morgan fingerprint density at radius 1 is 1.21 bits per heavy atom. The number of aliphatic hydroxyl groups excluding tert-OH is 1. The number of carbonyl (C=O) groups excluding carboxylic acids is 1. The number of aliphatic hydroxyl groups is 1. The first kappa shape index (κ1) is 16.6. The van der Waals surface area contributed by atoms with Crippen LogP contribution in [0.25, 0.3) is 0 Å². The summed E-state index contributed by atoms with van der Waals surface area (Å²) in [6.07, 6.45) is -0.299. The molecule has 24 heavy (non-hydrogen) atoms. The van der Waals surface area contributed by atoms with Crippen molar-refractivity contribution in [1.29, 1.82) is 0 Å². The van der Waals surface area contributed by atoms with Gasteiger partial charge in [-0.05, 0) is 30.1 Å². The van der Waals surface area contributed by atoms with Crippen LogP contribution in [0.3, 0.4) is 0 Å². The van der Waals surface area contributed by atoms with Gasteiger partial charge in [-0.15, -0.1) is 0 Å². The van der Waals surface area contributed by atoms with E-state index in [1.165, 1.54) is 18.0 Å². The molecule has 0 saturated heterocycles.